The Hall–Kier alpha value is -1.04. The second-order valence-electron chi connectivity index (χ2n) is 3.55. The number of carbonyl (C=O) groups is 1. The van der Waals surface area contributed by atoms with E-state index in [1.54, 1.807) is 0 Å². The molecule has 7 heteroatoms. The van der Waals surface area contributed by atoms with E-state index in [-0.39, 0.29) is 21.1 Å². The molecule has 0 aliphatic rings. The molecule has 98 valence electrons. The van der Waals surface area contributed by atoms with Crippen molar-refractivity contribution in [2.24, 2.45) is 0 Å². The van der Waals surface area contributed by atoms with Crippen LogP contribution in [0.15, 0.2) is 33.7 Å². The van der Waals surface area contributed by atoms with Crippen molar-refractivity contribution < 1.29 is 18.3 Å². The second kappa shape index (κ2) is 5.73. The van der Waals surface area contributed by atoms with Crippen molar-refractivity contribution in [2.45, 2.75) is 11.8 Å². The van der Waals surface area contributed by atoms with Crippen LogP contribution < -0.4 is 0 Å². The summed E-state index contributed by atoms with van der Waals surface area (Å²) >= 11 is 10.9. The van der Waals surface area contributed by atoms with Gasteiger partial charge in [0.05, 0.1) is 16.2 Å². The third kappa shape index (κ3) is 3.25. The molecular weight excluding hydrogens is 299 g/mol. The van der Waals surface area contributed by atoms with Crippen molar-refractivity contribution in [2.75, 3.05) is 5.75 Å². The van der Waals surface area contributed by atoms with Gasteiger partial charge in [-0.05, 0) is 24.6 Å². The summed E-state index contributed by atoms with van der Waals surface area (Å²) in [5, 5.41) is 8.90. The van der Waals surface area contributed by atoms with E-state index in [0.29, 0.717) is 0 Å². The Morgan fingerprint density at radius 3 is 2.56 bits per heavy atom. The topological polar surface area (TPSA) is 71.4 Å². The van der Waals surface area contributed by atoms with Crippen LogP contribution in [0.3, 0.4) is 0 Å². The van der Waals surface area contributed by atoms with Crippen molar-refractivity contribution in [3.63, 3.8) is 0 Å². The number of aromatic carboxylic acids is 1. The van der Waals surface area contributed by atoms with E-state index in [0.717, 1.165) is 5.54 Å². The molecule has 0 atom stereocenters. The van der Waals surface area contributed by atoms with E-state index >= 15 is 0 Å². The molecule has 0 fully saturated rings. The molecule has 0 unspecified atom stereocenters. The standard InChI is InChI=1S/C11H10Cl2O4S/c1-7-9(11(14)15)3-2-4-10(7)18(16,17)6-8(13)5-12/h2-5H,6H2,1H3,(H,14,15)/b8-5-. The highest BCUT2D eigenvalue weighted by Crippen LogP contribution is 2.22. The quantitative estimate of drug-likeness (QED) is 0.928. The lowest BCUT2D eigenvalue weighted by Gasteiger charge is -2.09. The van der Waals surface area contributed by atoms with Gasteiger partial charge in [0.25, 0.3) is 0 Å². The van der Waals surface area contributed by atoms with E-state index in [1.807, 2.05) is 0 Å². The lowest BCUT2D eigenvalue weighted by molar-refractivity contribution is 0.0696. The number of hydrogen-bond donors (Lipinski definition) is 1. The number of halogens is 2. The minimum Gasteiger partial charge on any atom is -0.478 e. The van der Waals surface area contributed by atoms with Gasteiger partial charge in [0.2, 0.25) is 0 Å². The van der Waals surface area contributed by atoms with E-state index in [4.69, 9.17) is 28.3 Å². The van der Waals surface area contributed by atoms with Gasteiger partial charge < -0.3 is 5.11 Å². The molecule has 0 amide bonds. The fourth-order valence-electron chi connectivity index (χ4n) is 1.47. The summed E-state index contributed by atoms with van der Waals surface area (Å²) < 4.78 is 24.0. The zero-order valence-electron chi connectivity index (χ0n) is 9.35. The molecule has 1 N–H and O–H groups in total. The molecule has 1 aromatic carbocycles. The smallest absolute Gasteiger partial charge is 0.335 e. The number of carboxylic acid groups (broad SMARTS) is 1. The number of benzene rings is 1. The molecule has 0 radical (unpaired) electrons. The van der Waals surface area contributed by atoms with Gasteiger partial charge in [0.1, 0.15) is 0 Å². The fraction of sp³-hybridized carbons (Fsp3) is 0.182. The van der Waals surface area contributed by atoms with Gasteiger partial charge in [-0.3, -0.25) is 0 Å². The van der Waals surface area contributed by atoms with Gasteiger partial charge in [-0.1, -0.05) is 29.3 Å². The van der Waals surface area contributed by atoms with Crippen LogP contribution in [0.4, 0.5) is 0 Å². The van der Waals surface area contributed by atoms with Crippen molar-refractivity contribution >= 4 is 39.0 Å². The van der Waals surface area contributed by atoms with E-state index in [9.17, 15) is 13.2 Å². The average Bonchev–Trinajstić information content (AvgIpc) is 2.27. The van der Waals surface area contributed by atoms with Gasteiger partial charge in [-0.15, -0.1) is 0 Å². The van der Waals surface area contributed by atoms with Crippen molar-refractivity contribution in [1.29, 1.82) is 0 Å². The number of sulfone groups is 1. The minimum absolute atomic E-state index is 0.0307. The normalized spacial score (nSPS) is 12.5. The third-order valence-corrected chi connectivity index (χ3v) is 4.88. The number of hydrogen-bond acceptors (Lipinski definition) is 3. The maximum atomic E-state index is 12.0. The summed E-state index contributed by atoms with van der Waals surface area (Å²) in [7, 11) is -3.71. The Morgan fingerprint density at radius 2 is 2.06 bits per heavy atom. The first-order chi connectivity index (χ1) is 8.29. The van der Waals surface area contributed by atoms with Gasteiger partial charge in [-0.2, -0.15) is 0 Å². The highest BCUT2D eigenvalue weighted by molar-refractivity contribution is 7.91. The fourth-order valence-corrected chi connectivity index (χ4v) is 3.54. The van der Waals surface area contributed by atoms with Crippen LogP contribution in [0.1, 0.15) is 15.9 Å². The molecule has 0 saturated heterocycles. The highest BCUT2D eigenvalue weighted by atomic mass is 35.5. The maximum Gasteiger partial charge on any atom is 0.335 e. The maximum absolute atomic E-state index is 12.0. The highest BCUT2D eigenvalue weighted by Gasteiger charge is 2.21. The lowest BCUT2D eigenvalue weighted by Crippen LogP contribution is -2.11. The number of carboxylic acids is 1. The van der Waals surface area contributed by atoms with Crippen LogP contribution in [-0.4, -0.2) is 25.2 Å². The summed E-state index contributed by atoms with van der Waals surface area (Å²) in [4.78, 5) is 10.9. The molecule has 18 heavy (non-hydrogen) atoms. The first-order valence-corrected chi connectivity index (χ1v) is 7.26. The van der Waals surface area contributed by atoms with Crippen LogP contribution in [-0.2, 0) is 9.84 Å². The zero-order valence-corrected chi connectivity index (χ0v) is 11.7. The van der Waals surface area contributed by atoms with Crippen LogP contribution in [0.5, 0.6) is 0 Å². The molecular formula is C11H10Cl2O4S. The second-order valence-corrected chi connectivity index (χ2v) is 6.21. The molecule has 1 rings (SSSR count). The summed E-state index contributed by atoms with van der Waals surface area (Å²) in [6.07, 6.45) is 0. The molecule has 0 aromatic heterocycles. The summed E-state index contributed by atoms with van der Waals surface area (Å²) in [6, 6.07) is 4.06. The largest absolute Gasteiger partial charge is 0.478 e. The van der Waals surface area contributed by atoms with Crippen molar-refractivity contribution in [1.82, 2.24) is 0 Å². The SMILES string of the molecule is Cc1c(C(=O)O)cccc1S(=O)(=O)C/C(Cl)=C/Cl. The van der Waals surface area contributed by atoms with Crippen molar-refractivity contribution in [3.8, 4) is 0 Å². The molecule has 0 saturated carbocycles. The van der Waals surface area contributed by atoms with Gasteiger partial charge in [-0.25, -0.2) is 13.2 Å². The van der Waals surface area contributed by atoms with Crippen molar-refractivity contribution in [3.05, 3.63) is 39.9 Å². The monoisotopic (exact) mass is 308 g/mol. The van der Waals surface area contributed by atoms with Crippen LogP contribution in [0.25, 0.3) is 0 Å². The van der Waals surface area contributed by atoms with Gasteiger partial charge in [0, 0.05) is 10.6 Å². The zero-order chi connectivity index (χ0) is 13.9. The van der Waals surface area contributed by atoms with Crippen LogP contribution in [0.2, 0.25) is 0 Å². The third-order valence-electron chi connectivity index (χ3n) is 2.30. The Morgan fingerprint density at radius 1 is 1.44 bits per heavy atom. The molecule has 0 bridgehead atoms. The van der Waals surface area contributed by atoms with Gasteiger partial charge in [0.15, 0.2) is 9.84 Å². The lowest BCUT2D eigenvalue weighted by atomic mass is 10.1. The predicted octanol–water partition coefficient (Wildman–Crippen LogP) is 2.79. The minimum atomic E-state index is -3.71. The first kappa shape index (κ1) is 15.0. The van der Waals surface area contributed by atoms with E-state index < -0.39 is 21.6 Å². The molecule has 0 heterocycles. The Bertz CT molecular complexity index is 605. The molecule has 0 aliphatic carbocycles. The predicted molar refractivity (Wildman–Crippen MR) is 70.0 cm³/mol. The Labute approximate surface area is 115 Å². The van der Waals surface area contributed by atoms with Crippen LogP contribution >= 0.6 is 23.2 Å². The summed E-state index contributed by atoms with van der Waals surface area (Å²) in [6.45, 7) is 1.44. The molecule has 0 aliphatic heterocycles. The molecule has 1 aromatic rings. The van der Waals surface area contributed by atoms with E-state index in [2.05, 4.69) is 0 Å². The van der Waals surface area contributed by atoms with Gasteiger partial charge >= 0.3 is 5.97 Å². The summed E-state index contributed by atoms with van der Waals surface area (Å²) in [5.41, 5.74) is 1.10. The Balaban J connectivity index is 3.34. The molecule has 4 nitrogen and oxygen atoms in total. The summed E-state index contributed by atoms with van der Waals surface area (Å²) in [5.74, 6) is -1.63. The average molecular weight is 309 g/mol. The number of rotatable bonds is 4. The first-order valence-electron chi connectivity index (χ1n) is 4.80. The van der Waals surface area contributed by atoms with Crippen LogP contribution in [0, 0.1) is 6.92 Å². The van der Waals surface area contributed by atoms with E-state index in [1.165, 1.54) is 25.1 Å². The Kier molecular flexibility index (Phi) is 4.78. The molecule has 0 spiro atoms.